The standard InChI is InChI=1S/C14H14N2OS/c1-2-10-4-3-5-11(8-10)17-12-6-7-16-13(9-12)14(15)18/h3-9H,2H2,1H3,(H2,15,18). The zero-order chi connectivity index (χ0) is 13.0. The minimum Gasteiger partial charge on any atom is -0.457 e. The molecule has 0 spiro atoms. The van der Waals surface area contributed by atoms with Gasteiger partial charge in [0.05, 0.1) is 0 Å². The van der Waals surface area contributed by atoms with E-state index in [1.54, 1.807) is 18.3 Å². The molecule has 1 aromatic heterocycles. The second-order valence-electron chi connectivity index (χ2n) is 3.84. The molecule has 0 aliphatic carbocycles. The van der Waals surface area contributed by atoms with Gasteiger partial charge in [-0.05, 0) is 30.2 Å². The maximum absolute atomic E-state index is 5.76. The molecular formula is C14H14N2OS. The molecule has 2 N–H and O–H groups in total. The Morgan fingerprint density at radius 1 is 1.28 bits per heavy atom. The fraction of sp³-hybridized carbons (Fsp3) is 0.143. The minimum absolute atomic E-state index is 0.266. The van der Waals surface area contributed by atoms with Crippen LogP contribution >= 0.6 is 12.2 Å². The van der Waals surface area contributed by atoms with Crippen molar-refractivity contribution in [3.8, 4) is 11.5 Å². The molecule has 92 valence electrons. The highest BCUT2D eigenvalue weighted by Gasteiger charge is 2.02. The van der Waals surface area contributed by atoms with Crippen LogP contribution in [0.2, 0.25) is 0 Å². The van der Waals surface area contributed by atoms with Gasteiger partial charge in [-0.25, -0.2) is 0 Å². The highest BCUT2D eigenvalue weighted by atomic mass is 32.1. The molecule has 2 rings (SSSR count). The fourth-order valence-corrected chi connectivity index (χ4v) is 1.69. The van der Waals surface area contributed by atoms with Crippen LogP contribution in [0.1, 0.15) is 18.2 Å². The van der Waals surface area contributed by atoms with E-state index in [9.17, 15) is 0 Å². The van der Waals surface area contributed by atoms with Crippen LogP contribution in [0, 0.1) is 0 Å². The van der Waals surface area contributed by atoms with Gasteiger partial charge in [-0.2, -0.15) is 0 Å². The first-order chi connectivity index (χ1) is 8.69. The highest BCUT2D eigenvalue weighted by Crippen LogP contribution is 2.22. The normalized spacial score (nSPS) is 10.1. The van der Waals surface area contributed by atoms with Gasteiger partial charge in [0.25, 0.3) is 0 Å². The number of benzene rings is 1. The fourth-order valence-electron chi connectivity index (χ4n) is 1.57. The summed E-state index contributed by atoms with van der Waals surface area (Å²) in [5, 5.41) is 0. The second-order valence-corrected chi connectivity index (χ2v) is 4.28. The molecular weight excluding hydrogens is 244 g/mol. The first-order valence-electron chi connectivity index (χ1n) is 5.71. The summed E-state index contributed by atoms with van der Waals surface area (Å²) in [6, 6.07) is 11.5. The lowest BCUT2D eigenvalue weighted by Crippen LogP contribution is -2.11. The van der Waals surface area contributed by atoms with Gasteiger partial charge in [0.2, 0.25) is 0 Å². The number of aryl methyl sites for hydroxylation is 1. The summed E-state index contributed by atoms with van der Waals surface area (Å²) >= 11 is 4.89. The van der Waals surface area contributed by atoms with Crippen LogP contribution in [0.15, 0.2) is 42.6 Å². The average molecular weight is 258 g/mol. The van der Waals surface area contributed by atoms with Crippen molar-refractivity contribution in [2.45, 2.75) is 13.3 Å². The average Bonchev–Trinajstić information content (AvgIpc) is 2.39. The number of aromatic nitrogens is 1. The van der Waals surface area contributed by atoms with Gasteiger partial charge in [0.1, 0.15) is 22.2 Å². The van der Waals surface area contributed by atoms with E-state index in [2.05, 4.69) is 18.0 Å². The summed E-state index contributed by atoms with van der Waals surface area (Å²) in [5.74, 6) is 1.48. The van der Waals surface area contributed by atoms with Crippen LogP contribution in [-0.2, 0) is 6.42 Å². The molecule has 0 fully saturated rings. The minimum atomic E-state index is 0.266. The number of nitrogens with two attached hydrogens (primary N) is 1. The molecule has 0 saturated heterocycles. The van der Waals surface area contributed by atoms with Gasteiger partial charge >= 0.3 is 0 Å². The molecule has 0 atom stereocenters. The summed E-state index contributed by atoms with van der Waals surface area (Å²) in [6.07, 6.45) is 2.61. The van der Waals surface area contributed by atoms with Crippen molar-refractivity contribution in [3.05, 3.63) is 53.9 Å². The smallest absolute Gasteiger partial charge is 0.131 e. The van der Waals surface area contributed by atoms with Gasteiger partial charge in [0, 0.05) is 12.3 Å². The molecule has 0 saturated carbocycles. The topological polar surface area (TPSA) is 48.1 Å². The molecule has 0 amide bonds. The van der Waals surface area contributed by atoms with Gasteiger partial charge in [0.15, 0.2) is 0 Å². The first-order valence-corrected chi connectivity index (χ1v) is 6.12. The number of ether oxygens (including phenoxy) is 1. The second kappa shape index (κ2) is 5.60. The molecule has 0 aliphatic heterocycles. The van der Waals surface area contributed by atoms with Crippen molar-refractivity contribution in [2.24, 2.45) is 5.73 Å². The van der Waals surface area contributed by atoms with Crippen LogP contribution < -0.4 is 10.5 Å². The van der Waals surface area contributed by atoms with Crippen molar-refractivity contribution in [2.75, 3.05) is 0 Å². The third kappa shape index (κ3) is 3.05. The van der Waals surface area contributed by atoms with E-state index in [1.165, 1.54) is 5.56 Å². The lowest BCUT2D eigenvalue weighted by Gasteiger charge is -2.07. The molecule has 0 aliphatic rings. The van der Waals surface area contributed by atoms with E-state index in [-0.39, 0.29) is 4.99 Å². The number of hydrogen-bond acceptors (Lipinski definition) is 3. The SMILES string of the molecule is CCc1cccc(Oc2ccnc(C(N)=S)c2)c1. The lowest BCUT2D eigenvalue weighted by molar-refractivity contribution is 0.481. The van der Waals surface area contributed by atoms with E-state index in [1.807, 2.05) is 18.2 Å². The van der Waals surface area contributed by atoms with E-state index >= 15 is 0 Å². The third-order valence-corrected chi connectivity index (χ3v) is 2.74. The lowest BCUT2D eigenvalue weighted by atomic mass is 10.2. The largest absolute Gasteiger partial charge is 0.457 e. The van der Waals surface area contributed by atoms with Crippen molar-refractivity contribution >= 4 is 17.2 Å². The third-order valence-electron chi connectivity index (χ3n) is 2.53. The summed E-state index contributed by atoms with van der Waals surface area (Å²) < 4.78 is 5.76. The summed E-state index contributed by atoms with van der Waals surface area (Å²) in [6.45, 7) is 2.11. The number of nitrogens with zero attached hydrogens (tertiary/aromatic N) is 1. The Labute approximate surface area is 112 Å². The quantitative estimate of drug-likeness (QED) is 0.856. The predicted octanol–water partition coefficient (Wildman–Crippen LogP) is 3.07. The van der Waals surface area contributed by atoms with Crippen molar-refractivity contribution in [1.29, 1.82) is 0 Å². The van der Waals surface area contributed by atoms with Crippen LogP contribution in [0.5, 0.6) is 11.5 Å². The van der Waals surface area contributed by atoms with Crippen molar-refractivity contribution in [3.63, 3.8) is 0 Å². The van der Waals surface area contributed by atoms with Crippen LogP contribution in [-0.4, -0.2) is 9.97 Å². The number of thiocarbonyl (C=S) groups is 1. The Morgan fingerprint density at radius 2 is 2.06 bits per heavy atom. The molecule has 2 aromatic rings. The summed E-state index contributed by atoms with van der Waals surface area (Å²) in [7, 11) is 0. The Morgan fingerprint density at radius 3 is 2.78 bits per heavy atom. The number of pyridine rings is 1. The Balaban J connectivity index is 2.22. The predicted molar refractivity (Wildman–Crippen MR) is 76.0 cm³/mol. The molecule has 0 radical (unpaired) electrons. The van der Waals surface area contributed by atoms with Crippen LogP contribution in [0.4, 0.5) is 0 Å². The zero-order valence-electron chi connectivity index (χ0n) is 10.1. The first kappa shape index (κ1) is 12.5. The van der Waals surface area contributed by atoms with Crippen molar-refractivity contribution < 1.29 is 4.74 Å². The van der Waals surface area contributed by atoms with Gasteiger partial charge in [-0.15, -0.1) is 0 Å². The van der Waals surface area contributed by atoms with Gasteiger partial charge in [-0.3, -0.25) is 4.98 Å². The van der Waals surface area contributed by atoms with E-state index in [4.69, 9.17) is 22.7 Å². The number of rotatable bonds is 4. The van der Waals surface area contributed by atoms with Crippen LogP contribution in [0.25, 0.3) is 0 Å². The van der Waals surface area contributed by atoms with Gasteiger partial charge < -0.3 is 10.5 Å². The molecule has 0 bridgehead atoms. The maximum atomic E-state index is 5.76. The maximum Gasteiger partial charge on any atom is 0.131 e. The molecule has 4 heteroatoms. The zero-order valence-corrected chi connectivity index (χ0v) is 10.9. The molecule has 1 heterocycles. The highest BCUT2D eigenvalue weighted by molar-refractivity contribution is 7.80. The molecule has 0 unspecified atom stereocenters. The molecule has 3 nitrogen and oxygen atoms in total. The van der Waals surface area contributed by atoms with Crippen LogP contribution in [0.3, 0.4) is 0 Å². The molecule has 18 heavy (non-hydrogen) atoms. The summed E-state index contributed by atoms with van der Waals surface area (Å²) in [4.78, 5) is 4.33. The van der Waals surface area contributed by atoms with E-state index < -0.39 is 0 Å². The number of hydrogen-bond donors (Lipinski definition) is 1. The van der Waals surface area contributed by atoms with Gasteiger partial charge in [-0.1, -0.05) is 31.3 Å². The van der Waals surface area contributed by atoms with E-state index in [0.29, 0.717) is 11.4 Å². The van der Waals surface area contributed by atoms with Crippen molar-refractivity contribution in [1.82, 2.24) is 4.98 Å². The Kier molecular flexibility index (Phi) is 3.89. The monoisotopic (exact) mass is 258 g/mol. The molecule has 1 aromatic carbocycles. The Bertz CT molecular complexity index is 569. The summed E-state index contributed by atoms with van der Waals surface area (Å²) in [5.41, 5.74) is 7.33. The van der Waals surface area contributed by atoms with E-state index in [0.717, 1.165) is 12.2 Å². The Hall–Kier alpha value is -1.94.